The Balaban J connectivity index is 1.72. The molecule has 0 amide bonds. The molecule has 1 aromatic carbocycles. The zero-order chi connectivity index (χ0) is 11.7. The van der Waals surface area contributed by atoms with Crippen LogP contribution >= 0.6 is 15.9 Å². The van der Waals surface area contributed by atoms with E-state index < -0.39 is 0 Å². The van der Waals surface area contributed by atoms with Crippen molar-refractivity contribution in [1.29, 1.82) is 0 Å². The van der Waals surface area contributed by atoms with Gasteiger partial charge in [0.15, 0.2) is 5.76 Å². The Morgan fingerprint density at radius 3 is 2.76 bits per heavy atom. The van der Waals surface area contributed by atoms with Crippen molar-refractivity contribution in [1.82, 2.24) is 10.5 Å². The average molecular weight is 293 g/mol. The predicted molar refractivity (Wildman–Crippen MR) is 69.5 cm³/mol. The van der Waals surface area contributed by atoms with E-state index in [1.165, 1.54) is 12.8 Å². The molecule has 0 atom stereocenters. The maximum Gasteiger partial charge on any atom is 0.167 e. The molecule has 17 heavy (non-hydrogen) atoms. The first-order chi connectivity index (χ1) is 8.31. The van der Waals surface area contributed by atoms with E-state index in [0.29, 0.717) is 6.04 Å². The van der Waals surface area contributed by atoms with Crippen LogP contribution in [0.3, 0.4) is 0 Å². The lowest BCUT2D eigenvalue weighted by Crippen LogP contribution is -2.15. The summed E-state index contributed by atoms with van der Waals surface area (Å²) in [5, 5.41) is 7.48. The van der Waals surface area contributed by atoms with Crippen molar-refractivity contribution in [2.24, 2.45) is 0 Å². The van der Waals surface area contributed by atoms with Gasteiger partial charge in [0, 0.05) is 28.7 Å². The summed E-state index contributed by atoms with van der Waals surface area (Å²) >= 11 is 3.41. The van der Waals surface area contributed by atoms with Crippen LogP contribution in [0.4, 0.5) is 0 Å². The second kappa shape index (κ2) is 4.63. The molecule has 0 unspecified atom stereocenters. The molecule has 3 nitrogen and oxygen atoms in total. The first kappa shape index (κ1) is 11.0. The van der Waals surface area contributed by atoms with Crippen molar-refractivity contribution in [3.8, 4) is 11.3 Å². The van der Waals surface area contributed by atoms with Gasteiger partial charge >= 0.3 is 0 Å². The fraction of sp³-hybridized carbons (Fsp3) is 0.308. The van der Waals surface area contributed by atoms with Gasteiger partial charge in [-0.15, -0.1) is 0 Å². The van der Waals surface area contributed by atoms with Crippen molar-refractivity contribution in [2.75, 3.05) is 0 Å². The van der Waals surface area contributed by atoms with Crippen molar-refractivity contribution < 1.29 is 4.52 Å². The summed E-state index contributed by atoms with van der Waals surface area (Å²) in [6, 6.07) is 10.7. The van der Waals surface area contributed by atoms with Gasteiger partial charge in [-0.05, 0) is 25.0 Å². The monoisotopic (exact) mass is 292 g/mol. The Labute approximate surface area is 108 Å². The third-order valence-electron chi connectivity index (χ3n) is 2.84. The van der Waals surface area contributed by atoms with Crippen LogP contribution in [-0.2, 0) is 6.54 Å². The normalized spacial score (nSPS) is 15.1. The Morgan fingerprint density at radius 1 is 1.29 bits per heavy atom. The largest absolute Gasteiger partial charge is 0.356 e. The zero-order valence-electron chi connectivity index (χ0n) is 9.32. The minimum atomic E-state index is 0.697. The van der Waals surface area contributed by atoms with Gasteiger partial charge in [0.05, 0.1) is 5.69 Å². The van der Waals surface area contributed by atoms with Crippen LogP contribution in [0, 0.1) is 0 Å². The Bertz CT molecular complexity index is 502. The number of aromatic nitrogens is 1. The molecule has 1 saturated carbocycles. The van der Waals surface area contributed by atoms with Crippen LogP contribution in [0.15, 0.2) is 39.3 Å². The minimum absolute atomic E-state index is 0.697. The van der Waals surface area contributed by atoms with Gasteiger partial charge in [-0.3, -0.25) is 0 Å². The molecule has 1 aliphatic rings. The highest BCUT2D eigenvalue weighted by molar-refractivity contribution is 9.10. The molecular formula is C13H13BrN2O. The first-order valence-corrected chi connectivity index (χ1v) is 6.55. The van der Waals surface area contributed by atoms with Gasteiger partial charge in [-0.25, -0.2) is 0 Å². The fourth-order valence-electron chi connectivity index (χ4n) is 1.68. The van der Waals surface area contributed by atoms with E-state index in [4.69, 9.17) is 4.52 Å². The third kappa shape index (κ3) is 2.76. The summed E-state index contributed by atoms with van der Waals surface area (Å²) in [6.07, 6.45) is 2.58. The second-order valence-corrected chi connectivity index (χ2v) is 5.26. The van der Waals surface area contributed by atoms with E-state index in [0.717, 1.165) is 28.0 Å². The molecule has 1 N–H and O–H groups in total. The van der Waals surface area contributed by atoms with Gasteiger partial charge in [0.25, 0.3) is 0 Å². The van der Waals surface area contributed by atoms with Crippen LogP contribution < -0.4 is 5.32 Å². The molecule has 0 aliphatic heterocycles. The molecular weight excluding hydrogens is 280 g/mol. The number of nitrogens with zero attached hydrogens (tertiary/aromatic N) is 1. The van der Waals surface area contributed by atoms with Crippen molar-refractivity contribution in [3.63, 3.8) is 0 Å². The number of hydrogen-bond donors (Lipinski definition) is 1. The van der Waals surface area contributed by atoms with Crippen LogP contribution in [0.25, 0.3) is 11.3 Å². The number of benzene rings is 1. The Hall–Kier alpha value is -1.13. The summed E-state index contributed by atoms with van der Waals surface area (Å²) in [4.78, 5) is 0. The quantitative estimate of drug-likeness (QED) is 0.939. The summed E-state index contributed by atoms with van der Waals surface area (Å²) in [7, 11) is 0. The van der Waals surface area contributed by atoms with E-state index in [9.17, 15) is 0 Å². The summed E-state index contributed by atoms with van der Waals surface area (Å²) in [5.74, 6) is 0.824. The SMILES string of the molecule is Brc1ccc(-c2cc(CNC3CC3)no2)cc1. The standard InChI is InChI=1S/C13H13BrN2O/c14-10-3-1-9(2-4-10)13-7-12(16-17-13)8-15-11-5-6-11/h1-4,7,11,15H,5-6,8H2. The van der Waals surface area contributed by atoms with E-state index in [1.54, 1.807) is 0 Å². The number of halogens is 1. The summed E-state index contributed by atoms with van der Waals surface area (Å²) in [5.41, 5.74) is 2.02. The van der Waals surface area contributed by atoms with Crippen LogP contribution in [0.2, 0.25) is 0 Å². The average Bonchev–Trinajstić information content (AvgIpc) is 3.06. The molecule has 2 aromatic rings. The van der Waals surface area contributed by atoms with Gasteiger partial charge in [0.1, 0.15) is 0 Å². The molecule has 1 aliphatic carbocycles. The first-order valence-electron chi connectivity index (χ1n) is 5.76. The van der Waals surface area contributed by atoms with Gasteiger partial charge in [0.2, 0.25) is 0 Å². The topological polar surface area (TPSA) is 38.1 Å². The molecule has 0 spiro atoms. The van der Waals surface area contributed by atoms with Gasteiger partial charge < -0.3 is 9.84 Å². The molecule has 0 radical (unpaired) electrons. The lowest BCUT2D eigenvalue weighted by Gasteiger charge is -1.96. The fourth-order valence-corrected chi connectivity index (χ4v) is 1.95. The highest BCUT2D eigenvalue weighted by Gasteiger charge is 2.20. The molecule has 88 valence electrons. The van der Waals surface area contributed by atoms with E-state index in [-0.39, 0.29) is 0 Å². The van der Waals surface area contributed by atoms with Crippen LogP contribution in [0.1, 0.15) is 18.5 Å². The number of rotatable bonds is 4. The van der Waals surface area contributed by atoms with Gasteiger partial charge in [-0.1, -0.05) is 33.2 Å². The lowest BCUT2D eigenvalue weighted by molar-refractivity contribution is 0.420. The molecule has 1 fully saturated rings. The molecule has 0 saturated heterocycles. The molecule has 1 aromatic heterocycles. The second-order valence-electron chi connectivity index (χ2n) is 4.34. The highest BCUT2D eigenvalue weighted by Crippen LogP contribution is 2.23. The number of hydrogen-bond acceptors (Lipinski definition) is 3. The van der Waals surface area contributed by atoms with Crippen molar-refractivity contribution >= 4 is 15.9 Å². The maximum absolute atomic E-state index is 5.34. The summed E-state index contributed by atoms with van der Waals surface area (Å²) < 4.78 is 6.40. The van der Waals surface area contributed by atoms with Crippen LogP contribution in [0.5, 0.6) is 0 Å². The minimum Gasteiger partial charge on any atom is -0.356 e. The van der Waals surface area contributed by atoms with Crippen molar-refractivity contribution in [3.05, 3.63) is 40.5 Å². The van der Waals surface area contributed by atoms with E-state index in [1.807, 2.05) is 30.3 Å². The maximum atomic E-state index is 5.34. The Morgan fingerprint density at radius 2 is 2.06 bits per heavy atom. The lowest BCUT2D eigenvalue weighted by atomic mass is 10.2. The Kier molecular flexibility index (Phi) is 2.99. The third-order valence-corrected chi connectivity index (χ3v) is 3.37. The van der Waals surface area contributed by atoms with Crippen LogP contribution in [-0.4, -0.2) is 11.2 Å². The highest BCUT2D eigenvalue weighted by atomic mass is 79.9. The molecule has 3 rings (SSSR count). The smallest absolute Gasteiger partial charge is 0.167 e. The molecule has 1 heterocycles. The van der Waals surface area contributed by atoms with E-state index >= 15 is 0 Å². The summed E-state index contributed by atoms with van der Waals surface area (Å²) in [6.45, 7) is 0.796. The van der Waals surface area contributed by atoms with E-state index in [2.05, 4.69) is 26.4 Å². The zero-order valence-corrected chi connectivity index (χ0v) is 10.9. The van der Waals surface area contributed by atoms with Crippen molar-refractivity contribution in [2.45, 2.75) is 25.4 Å². The van der Waals surface area contributed by atoms with Gasteiger partial charge in [-0.2, -0.15) is 0 Å². The number of nitrogens with one attached hydrogen (secondary N) is 1. The molecule has 0 bridgehead atoms. The molecule has 4 heteroatoms. The predicted octanol–water partition coefficient (Wildman–Crippen LogP) is 3.36.